The lowest BCUT2D eigenvalue weighted by Crippen LogP contribution is -2.16. The Hall–Kier alpha value is -1.08. The molecule has 96 valence electrons. The van der Waals surface area contributed by atoms with Gasteiger partial charge in [0.25, 0.3) is 0 Å². The summed E-state index contributed by atoms with van der Waals surface area (Å²) >= 11 is 0. The summed E-state index contributed by atoms with van der Waals surface area (Å²) in [5.74, 6) is 3.10. The standard InChI is InChI=1S/C15H20O2Si/c1-18(2,3)11-7-10-16-12-14-15(17-14)13-8-5-4-6-9-13/h4-6,8-9,14-15H,10,12H2,1-3H3/t14-,15-/m1/s1. The van der Waals surface area contributed by atoms with E-state index in [0.717, 1.165) is 0 Å². The summed E-state index contributed by atoms with van der Waals surface area (Å²) in [5, 5.41) is 0. The van der Waals surface area contributed by atoms with Crippen LogP contribution < -0.4 is 0 Å². The van der Waals surface area contributed by atoms with E-state index < -0.39 is 8.07 Å². The number of epoxide rings is 1. The van der Waals surface area contributed by atoms with Gasteiger partial charge in [-0.25, -0.2) is 0 Å². The SMILES string of the molecule is C[Si](C)(C)C#CCOC[C@H]1O[C@@H]1c1ccccc1. The van der Waals surface area contributed by atoms with E-state index in [4.69, 9.17) is 9.47 Å². The van der Waals surface area contributed by atoms with Gasteiger partial charge in [-0.1, -0.05) is 55.9 Å². The van der Waals surface area contributed by atoms with Crippen molar-refractivity contribution in [2.45, 2.75) is 31.8 Å². The molecule has 18 heavy (non-hydrogen) atoms. The minimum atomic E-state index is -1.26. The van der Waals surface area contributed by atoms with Gasteiger partial charge in [0.2, 0.25) is 0 Å². The van der Waals surface area contributed by atoms with Gasteiger partial charge in [0.15, 0.2) is 0 Å². The maximum atomic E-state index is 5.59. The first-order valence-electron chi connectivity index (χ1n) is 6.34. The van der Waals surface area contributed by atoms with Crippen molar-refractivity contribution in [2.24, 2.45) is 0 Å². The topological polar surface area (TPSA) is 21.8 Å². The van der Waals surface area contributed by atoms with Crippen LogP contribution in [0.5, 0.6) is 0 Å². The highest BCUT2D eigenvalue weighted by Crippen LogP contribution is 2.38. The van der Waals surface area contributed by atoms with E-state index in [1.807, 2.05) is 18.2 Å². The molecular weight excluding hydrogens is 240 g/mol. The highest BCUT2D eigenvalue weighted by atomic mass is 28.3. The minimum absolute atomic E-state index is 0.209. The zero-order chi connectivity index (χ0) is 13.0. The summed E-state index contributed by atoms with van der Waals surface area (Å²) in [4.78, 5) is 0. The van der Waals surface area contributed by atoms with Gasteiger partial charge < -0.3 is 9.47 Å². The minimum Gasteiger partial charge on any atom is -0.366 e. The first-order valence-corrected chi connectivity index (χ1v) is 9.84. The Morgan fingerprint density at radius 1 is 1.22 bits per heavy atom. The molecule has 2 rings (SSSR count). The van der Waals surface area contributed by atoms with Gasteiger partial charge in [-0.15, -0.1) is 5.54 Å². The molecule has 1 fully saturated rings. The third kappa shape index (κ3) is 4.30. The molecule has 1 heterocycles. The molecule has 0 bridgehead atoms. The Morgan fingerprint density at radius 3 is 2.61 bits per heavy atom. The van der Waals surface area contributed by atoms with Crippen molar-refractivity contribution in [2.75, 3.05) is 13.2 Å². The molecule has 0 amide bonds. The van der Waals surface area contributed by atoms with Crippen LogP contribution in [-0.2, 0) is 9.47 Å². The number of ether oxygens (including phenoxy) is 2. The lowest BCUT2D eigenvalue weighted by Gasteiger charge is -2.03. The molecule has 0 unspecified atom stereocenters. The predicted octanol–water partition coefficient (Wildman–Crippen LogP) is 3.02. The maximum Gasteiger partial charge on any atom is 0.129 e. The maximum absolute atomic E-state index is 5.59. The highest BCUT2D eigenvalue weighted by molar-refractivity contribution is 6.83. The van der Waals surface area contributed by atoms with E-state index in [9.17, 15) is 0 Å². The highest BCUT2D eigenvalue weighted by Gasteiger charge is 2.39. The summed E-state index contributed by atoms with van der Waals surface area (Å²) in [5.41, 5.74) is 4.52. The summed E-state index contributed by atoms with van der Waals surface area (Å²) in [7, 11) is -1.26. The van der Waals surface area contributed by atoms with E-state index in [1.165, 1.54) is 5.56 Å². The van der Waals surface area contributed by atoms with Crippen molar-refractivity contribution in [1.82, 2.24) is 0 Å². The number of hydrogen-bond acceptors (Lipinski definition) is 2. The molecule has 0 saturated carbocycles. The summed E-state index contributed by atoms with van der Waals surface area (Å²) in [6.45, 7) is 7.85. The molecule has 0 radical (unpaired) electrons. The zero-order valence-corrected chi connectivity index (χ0v) is 12.3. The molecule has 0 aromatic heterocycles. The molecule has 0 aliphatic carbocycles. The molecule has 2 nitrogen and oxygen atoms in total. The Labute approximate surface area is 110 Å². The Morgan fingerprint density at radius 2 is 1.94 bits per heavy atom. The average Bonchev–Trinajstić information content (AvgIpc) is 3.08. The largest absolute Gasteiger partial charge is 0.366 e. The quantitative estimate of drug-likeness (QED) is 0.359. The normalized spacial score (nSPS) is 22.2. The van der Waals surface area contributed by atoms with E-state index >= 15 is 0 Å². The number of benzene rings is 1. The van der Waals surface area contributed by atoms with Crippen molar-refractivity contribution < 1.29 is 9.47 Å². The van der Waals surface area contributed by atoms with Crippen LogP contribution in [0.2, 0.25) is 19.6 Å². The molecule has 1 aliphatic heterocycles. The molecule has 0 N–H and O–H groups in total. The molecule has 1 aliphatic rings. The molecule has 3 heteroatoms. The molecule has 1 aromatic rings. The fraction of sp³-hybridized carbons (Fsp3) is 0.467. The van der Waals surface area contributed by atoms with Crippen molar-refractivity contribution >= 4 is 8.07 Å². The van der Waals surface area contributed by atoms with Crippen LogP contribution >= 0.6 is 0 Å². The number of rotatable bonds is 4. The first kappa shape index (κ1) is 13.4. The predicted molar refractivity (Wildman–Crippen MR) is 76.0 cm³/mol. The van der Waals surface area contributed by atoms with Crippen LogP contribution in [0.4, 0.5) is 0 Å². The van der Waals surface area contributed by atoms with E-state index in [0.29, 0.717) is 13.2 Å². The van der Waals surface area contributed by atoms with Gasteiger partial charge in [0.05, 0.1) is 6.61 Å². The second-order valence-electron chi connectivity index (χ2n) is 5.57. The third-order valence-corrected chi connectivity index (χ3v) is 3.56. The first-order chi connectivity index (χ1) is 8.56. The van der Waals surface area contributed by atoms with Crippen molar-refractivity contribution in [3.05, 3.63) is 35.9 Å². The monoisotopic (exact) mass is 260 g/mol. The lowest BCUT2D eigenvalue weighted by atomic mass is 10.1. The average molecular weight is 260 g/mol. The van der Waals surface area contributed by atoms with Gasteiger partial charge in [-0.2, -0.15) is 0 Å². The molecule has 1 saturated heterocycles. The fourth-order valence-electron chi connectivity index (χ4n) is 1.73. The summed E-state index contributed by atoms with van der Waals surface area (Å²) < 4.78 is 11.1. The fourth-order valence-corrected chi connectivity index (χ4v) is 2.34. The van der Waals surface area contributed by atoms with Crippen LogP contribution in [0.3, 0.4) is 0 Å². The van der Waals surface area contributed by atoms with E-state index in [1.54, 1.807) is 0 Å². The van der Waals surface area contributed by atoms with Gasteiger partial charge >= 0.3 is 0 Å². The van der Waals surface area contributed by atoms with Gasteiger partial charge in [-0.05, 0) is 5.56 Å². The summed E-state index contributed by atoms with van der Waals surface area (Å²) in [6, 6.07) is 10.3. The van der Waals surface area contributed by atoms with Crippen molar-refractivity contribution in [3.8, 4) is 11.5 Å². The van der Waals surface area contributed by atoms with Crippen LogP contribution in [-0.4, -0.2) is 27.4 Å². The zero-order valence-electron chi connectivity index (χ0n) is 11.3. The van der Waals surface area contributed by atoms with Crippen molar-refractivity contribution in [3.63, 3.8) is 0 Å². The molecule has 0 spiro atoms. The molecule has 1 aromatic carbocycles. The second-order valence-corrected chi connectivity index (χ2v) is 10.3. The van der Waals surface area contributed by atoms with E-state index in [-0.39, 0.29) is 12.2 Å². The smallest absolute Gasteiger partial charge is 0.129 e. The third-order valence-electron chi connectivity index (χ3n) is 2.63. The lowest BCUT2D eigenvalue weighted by molar-refractivity contribution is 0.145. The Kier molecular flexibility index (Phi) is 4.23. The Balaban J connectivity index is 1.67. The number of hydrogen-bond donors (Lipinski definition) is 0. The van der Waals surface area contributed by atoms with Crippen LogP contribution in [0.15, 0.2) is 30.3 Å². The van der Waals surface area contributed by atoms with Gasteiger partial charge in [0, 0.05) is 0 Å². The molecule has 2 atom stereocenters. The van der Waals surface area contributed by atoms with Crippen LogP contribution in [0, 0.1) is 11.5 Å². The molecular formula is C15H20O2Si. The van der Waals surface area contributed by atoms with E-state index in [2.05, 4.69) is 43.2 Å². The van der Waals surface area contributed by atoms with Gasteiger partial charge in [-0.3, -0.25) is 0 Å². The van der Waals surface area contributed by atoms with Crippen LogP contribution in [0.25, 0.3) is 0 Å². The second kappa shape index (κ2) is 5.70. The summed E-state index contributed by atoms with van der Waals surface area (Å²) in [6.07, 6.45) is 0.428. The van der Waals surface area contributed by atoms with Gasteiger partial charge in [0.1, 0.15) is 26.9 Å². The Bertz CT molecular complexity index is 439. The van der Waals surface area contributed by atoms with Crippen LogP contribution in [0.1, 0.15) is 11.7 Å². The van der Waals surface area contributed by atoms with Crippen molar-refractivity contribution in [1.29, 1.82) is 0 Å².